The Morgan fingerprint density at radius 1 is 1.04 bits per heavy atom. The number of fused-ring (bicyclic) bond motifs is 1. The van der Waals surface area contributed by atoms with Gasteiger partial charge in [-0.2, -0.15) is 0 Å². The maximum atomic E-state index is 10.7. The minimum absolute atomic E-state index is 0.0554. The lowest BCUT2D eigenvalue weighted by atomic mass is 9.98. The largest absolute Gasteiger partial charge is 0.384 e. The second-order valence-electron chi connectivity index (χ2n) is 5.75. The second kappa shape index (κ2) is 6.64. The summed E-state index contributed by atoms with van der Waals surface area (Å²) in [5.74, 6) is 0. The maximum absolute atomic E-state index is 10.7. The van der Waals surface area contributed by atoms with E-state index >= 15 is 0 Å². The number of rotatable bonds is 4. The number of nitro benzene ring substituents is 1. The first-order valence-corrected chi connectivity index (χ1v) is 7.64. The number of non-ortho nitro benzene ring substituents is 1. The highest BCUT2D eigenvalue weighted by molar-refractivity contribution is 5.83. The van der Waals surface area contributed by atoms with Crippen molar-refractivity contribution in [1.82, 2.24) is 0 Å². The van der Waals surface area contributed by atoms with E-state index < -0.39 is 11.0 Å². The van der Waals surface area contributed by atoms with Crippen molar-refractivity contribution in [2.45, 2.75) is 13.0 Å². The van der Waals surface area contributed by atoms with Crippen LogP contribution in [0.5, 0.6) is 0 Å². The third kappa shape index (κ3) is 3.34. The van der Waals surface area contributed by atoms with Crippen LogP contribution in [-0.2, 0) is 0 Å². The van der Waals surface area contributed by atoms with Crippen molar-refractivity contribution in [3.63, 3.8) is 0 Å². The van der Waals surface area contributed by atoms with Crippen molar-refractivity contribution >= 4 is 22.5 Å². The number of nitro groups is 1. The van der Waals surface area contributed by atoms with Gasteiger partial charge in [0, 0.05) is 12.1 Å². The van der Waals surface area contributed by atoms with E-state index in [1.54, 1.807) is 12.1 Å². The molecule has 4 heteroatoms. The van der Waals surface area contributed by atoms with Crippen LogP contribution in [0.3, 0.4) is 0 Å². The molecule has 0 heterocycles. The van der Waals surface area contributed by atoms with Crippen LogP contribution >= 0.6 is 0 Å². The van der Waals surface area contributed by atoms with Crippen LogP contribution in [0.2, 0.25) is 0 Å². The zero-order valence-corrected chi connectivity index (χ0v) is 13.2. The Balaban J connectivity index is 1.86. The molecule has 0 aliphatic carbocycles. The Kier molecular flexibility index (Phi) is 4.40. The molecule has 0 bridgehead atoms. The first-order chi connectivity index (χ1) is 11.5. The molecule has 0 saturated carbocycles. The normalized spacial score (nSPS) is 13.0. The third-order valence-corrected chi connectivity index (χ3v) is 4.02. The summed E-state index contributed by atoms with van der Waals surface area (Å²) in [6, 6.07) is 20.2. The number of benzene rings is 3. The molecule has 1 atom stereocenters. The van der Waals surface area contributed by atoms with Crippen LogP contribution in [0.25, 0.3) is 16.8 Å². The molecule has 1 unspecified atom stereocenters. The Morgan fingerprint density at radius 2 is 1.71 bits per heavy atom. The number of hydrogen-bond acceptors (Lipinski definition) is 3. The summed E-state index contributed by atoms with van der Waals surface area (Å²) in [5, 5.41) is 23.5. The molecule has 3 aromatic carbocycles. The molecule has 0 spiro atoms. The van der Waals surface area contributed by atoms with Crippen molar-refractivity contribution < 1.29 is 10.0 Å². The van der Waals surface area contributed by atoms with E-state index in [1.165, 1.54) is 12.1 Å². The van der Waals surface area contributed by atoms with E-state index in [1.807, 2.05) is 55.5 Å². The summed E-state index contributed by atoms with van der Waals surface area (Å²) < 4.78 is 0. The molecular formula is C20H17NO3. The molecule has 120 valence electrons. The van der Waals surface area contributed by atoms with Gasteiger partial charge in [0.2, 0.25) is 0 Å². The van der Waals surface area contributed by atoms with Gasteiger partial charge in [-0.1, -0.05) is 42.5 Å². The highest BCUT2D eigenvalue weighted by atomic mass is 16.6. The molecule has 3 aromatic rings. The average Bonchev–Trinajstić information content (AvgIpc) is 2.61. The number of aliphatic hydroxyl groups excluding tert-OH is 1. The lowest BCUT2D eigenvalue weighted by Crippen LogP contribution is -1.99. The molecule has 0 saturated heterocycles. The lowest BCUT2D eigenvalue weighted by molar-refractivity contribution is -0.384. The Bertz CT molecular complexity index is 914. The van der Waals surface area contributed by atoms with Gasteiger partial charge in [-0.3, -0.25) is 10.1 Å². The molecule has 0 aromatic heterocycles. The molecule has 24 heavy (non-hydrogen) atoms. The van der Waals surface area contributed by atoms with Crippen LogP contribution in [0, 0.1) is 10.1 Å². The molecule has 0 fully saturated rings. The molecule has 3 rings (SSSR count). The van der Waals surface area contributed by atoms with Gasteiger partial charge in [-0.25, -0.2) is 0 Å². The van der Waals surface area contributed by atoms with Gasteiger partial charge in [0.1, 0.15) is 6.10 Å². The molecule has 0 aliphatic heterocycles. The van der Waals surface area contributed by atoms with Crippen LogP contribution in [0.1, 0.15) is 24.2 Å². The van der Waals surface area contributed by atoms with Crippen molar-refractivity contribution in [3.8, 4) is 0 Å². The van der Waals surface area contributed by atoms with Gasteiger partial charge in [0.25, 0.3) is 5.69 Å². The predicted octanol–water partition coefficient (Wildman–Crippen LogP) is 4.88. The van der Waals surface area contributed by atoms with Gasteiger partial charge in [0.15, 0.2) is 0 Å². The van der Waals surface area contributed by atoms with E-state index in [0.29, 0.717) is 0 Å². The van der Waals surface area contributed by atoms with E-state index in [2.05, 4.69) is 0 Å². The zero-order chi connectivity index (χ0) is 17.1. The summed E-state index contributed by atoms with van der Waals surface area (Å²) in [4.78, 5) is 10.3. The fourth-order valence-electron chi connectivity index (χ4n) is 2.67. The SMILES string of the molecule is C/C(=C\c1ccc([N+](=O)[O-])cc1)C(O)c1ccc2ccccc2c1. The Morgan fingerprint density at radius 3 is 2.38 bits per heavy atom. The molecular weight excluding hydrogens is 302 g/mol. The Hall–Kier alpha value is -2.98. The monoisotopic (exact) mass is 319 g/mol. The van der Waals surface area contributed by atoms with E-state index in [9.17, 15) is 15.2 Å². The van der Waals surface area contributed by atoms with Crippen LogP contribution in [-0.4, -0.2) is 10.0 Å². The van der Waals surface area contributed by atoms with Gasteiger partial charge in [-0.05, 0) is 52.6 Å². The Labute approximate surface area is 139 Å². The molecule has 1 N–H and O–H groups in total. The smallest absolute Gasteiger partial charge is 0.269 e. The van der Waals surface area contributed by atoms with Crippen LogP contribution in [0.15, 0.2) is 72.3 Å². The topological polar surface area (TPSA) is 63.4 Å². The summed E-state index contributed by atoms with van der Waals surface area (Å²) in [6.07, 6.45) is 1.12. The van der Waals surface area contributed by atoms with Gasteiger partial charge in [-0.15, -0.1) is 0 Å². The van der Waals surface area contributed by atoms with Crippen molar-refractivity contribution in [2.75, 3.05) is 0 Å². The summed E-state index contributed by atoms with van der Waals surface area (Å²) in [5.41, 5.74) is 2.47. The molecule has 0 aliphatic rings. The lowest BCUT2D eigenvalue weighted by Gasteiger charge is -2.13. The first-order valence-electron chi connectivity index (χ1n) is 7.64. The van der Waals surface area contributed by atoms with Crippen molar-refractivity contribution in [1.29, 1.82) is 0 Å². The molecule has 0 amide bonds. The van der Waals surface area contributed by atoms with E-state index in [0.717, 1.165) is 27.5 Å². The third-order valence-electron chi connectivity index (χ3n) is 4.02. The minimum atomic E-state index is -0.718. The average molecular weight is 319 g/mol. The maximum Gasteiger partial charge on any atom is 0.269 e. The summed E-state index contributed by atoms with van der Waals surface area (Å²) >= 11 is 0. The quantitative estimate of drug-likeness (QED) is 0.550. The van der Waals surface area contributed by atoms with Crippen LogP contribution < -0.4 is 0 Å². The fraction of sp³-hybridized carbons (Fsp3) is 0.100. The van der Waals surface area contributed by atoms with Crippen molar-refractivity contribution in [3.05, 3.63) is 93.5 Å². The fourth-order valence-corrected chi connectivity index (χ4v) is 2.67. The molecule has 0 radical (unpaired) electrons. The van der Waals surface area contributed by atoms with E-state index in [4.69, 9.17) is 0 Å². The predicted molar refractivity (Wildman–Crippen MR) is 95.7 cm³/mol. The first kappa shape index (κ1) is 15.9. The van der Waals surface area contributed by atoms with Gasteiger partial charge >= 0.3 is 0 Å². The summed E-state index contributed by atoms with van der Waals surface area (Å²) in [7, 11) is 0. The standard InChI is InChI=1S/C20H17NO3/c1-14(12-15-6-10-19(11-7-15)21(23)24)20(22)18-9-8-16-4-2-3-5-17(16)13-18/h2-13,20,22H,1H3/b14-12+. The summed E-state index contributed by atoms with van der Waals surface area (Å²) in [6.45, 7) is 1.85. The highest BCUT2D eigenvalue weighted by Crippen LogP contribution is 2.26. The van der Waals surface area contributed by atoms with Gasteiger partial charge < -0.3 is 5.11 Å². The molecule has 4 nitrogen and oxygen atoms in total. The minimum Gasteiger partial charge on any atom is -0.384 e. The number of nitrogens with zero attached hydrogens (tertiary/aromatic N) is 1. The van der Waals surface area contributed by atoms with E-state index in [-0.39, 0.29) is 5.69 Å². The van der Waals surface area contributed by atoms with Gasteiger partial charge in [0.05, 0.1) is 4.92 Å². The number of hydrogen-bond donors (Lipinski definition) is 1. The zero-order valence-electron chi connectivity index (χ0n) is 13.2. The van der Waals surface area contributed by atoms with Crippen molar-refractivity contribution in [2.24, 2.45) is 0 Å². The van der Waals surface area contributed by atoms with Crippen LogP contribution in [0.4, 0.5) is 5.69 Å². The second-order valence-corrected chi connectivity index (χ2v) is 5.75. The highest BCUT2D eigenvalue weighted by Gasteiger charge is 2.11. The number of aliphatic hydroxyl groups is 1.